The van der Waals surface area contributed by atoms with E-state index in [-0.39, 0.29) is 5.91 Å². The predicted molar refractivity (Wildman–Crippen MR) is 105 cm³/mol. The Morgan fingerprint density at radius 2 is 1.73 bits per heavy atom. The first-order valence-electron chi connectivity index (χ1n) is 9.26. The summed E-state index contributed by atoms with van der Waals surface area (Å²) in [7, 11) is 0. The molecule has 0 aliphatic heterocycles. The summed E-state index contributed by atoms with van der Waals surface area (Å²) in [4.78, 5) is 12.2. The second-order valence-electron chi connectivity index (χ2n) is 6.59. The van der Waals surface area contributed by atoms with Gasteiger partial charge >= 0.3 is 0 Å². The van der Waals surface area contributed by atoms with Crippen LogP contribution in [-0.4, -0.2) is 25.2 Å². The van der Waals surface area contributed by atoms with Gasteiger partial charge in [-0.2, -0.15) is 0 Å². The largest absolute Gasteiger partial charge is 0.492 e. The highest BCUT2D eigenvalue weighted by atomic mass is 16.5. The number of hydrogen-bond donors (Lipinski definition) is 1. The molecule has 0 aliphatic rings. The number of aryl methyl sites for hydroxylation is 1. The predicted octanol–water partition coefficient (Wildman–Crippen LogP) is 4.33. The third kappa shape index (κ3) is 5.80. The van der Waals surface area contributed by atoms with E-state index >= 15 is 0 Å². The summed E-state index contributed by atoms with van der Waals surface area (Å²) in [5.74, 6) is 1.77. The summed E-state index contributed by atoms with van der Waals surface area (Å²) in [5, 5.41) is 2.86. The van der Waals surface area contributed by atoms with Gasteiger partial charge in [0.2, 0.25) is 0 Å². The number of para-hydroxylation sites is 1. The quantitative estimate of drug-likeness (QED) is 0.681. The summed E-state index contributed by atoms with van der Waals surface area (Å²) < 4.78 is 11.5. The lowest BCUT2D eigenvalue weighted by atomic mass is 10.0. The van der Waals surface area contributed by atoms with Crippen molar-refractivity contribution >= 4 is 5.91 Å². The highest BCUT2D eigenvalue weighted by molar-refractivity contribution is 5.80. The first-order chi connectivity index (χ1) is 12.5. The Hall–Kier alpha value is -2.49. The van der Waals surface area contributed by atoms with Crippen LogP contribution in [0.4, 0.5) is 0 Å². The second-order valence-corrected chi connectivity index (χ2v) is 6.59. The highest BCUT2D eigenvalue weighted by Crippen LogP contribution is 2.26. The van der Waals surface area contributed by atoms with Crippen LogP contribution in [0.25, 0.3) is 0 Å². The van der Waals surface area contributed by atoms with Crippen molar-refractivity contribution in [3.8, 4) is 11.5 Å². The van der Waals surface area contributed by atoms with Gasteiger partial charge in [0.15, 0.2) is 6.10 Å². The first-order valence-corrected chi connectivity index (χ1v) is 9.26. The van der Waals surface area contributed by atoms with E-state index < -0.39 is 6.10 Å². The smallest absolute Gasteiger partial charge is 0.260 e. The van der Waals surface area contributed by atoms with Crippen molar-refractivity contribution < 1.29 is 14.3 Å². The molecular weight excluding hydrogens is 326 g/mol. The number of nitrogens with one attached hydrogen (secondary N) is 1. The molecule has 0 fully saturated rings. The van der Waals surface area contributed by atoms with Crippen LogP contribution in [0.1, 0.15) is 44.7 Å². The van der Waals surface area contributed by atoms with E-state index in [4.69, 9.17) is 9.47 Å². The molecular formula is C22H29NO3. The molecule has 2 aromatic carbocycles. The fourth-order valence-electron chi connectivity index (χ4n) is 2.62. The van der Waals surface area contributed by atoms with Crippen LogP contribution in [0, 0.1) is 0 Å². The van der Waals surface area contributed by atoms with Gasteiger partial charge in [-0.3, -0.25) is 4.79 Å². The van der Waals surface area contributed by atoms with Crippen molar-refractivity contribution in [3.63, 3.8) is 0 Å². The summed E-state index contributed by atoms with van der Waals surface area (Å²) in [6, 6.07) is 15.8. The molecule has 1 amide bonds. The lowest BCUT2D eigenvalue weighted by Crippen LogP contribution is -2.38. The van der Waals surface area contributed by atoms with Gasteiger partial charge in [0.25, 0.3) is 5.91 Å². The normalized spacial score (nSPS) is 11.9. The van der Waals surface area contributed by atoms with Crippen LogP contribution >= 0.6 is 0 Å². The third-order valence-corrected chi connectivity index (χ3v) is 4.22. The number of ether oxygens (including phenoxy) is 2. The van der Waals surface area contributed by atoms with Crippen LogP contribution in [-0.2, 0) is 11.2 Å². The van der Waals surface area contributed by atoms with Gasteiger partial charge in [0.1, 0.15) is 18.1 Å². The van der Waals surface area contributed by atoms with Crippen LogP contribution in [0.2, 0.25) is 0 Å². The average molecular weight is 355 g/mol. The molecule has 26 heavy (non-hydrogen) atoms. The van der Waals surface area contributed by atoms with Gasteiger partial charge < -0.3 is 14.8 Å². The Morgan fingerprint density at radius 3 is 2.38 bits per heavy atom. The van der Waals surface area contributed by atoms with E-state index in [0.29, 0.717) is 19.1 Å². The number of carbonyl (C=O) groups excluding carboxylic acids is 1. The van der Waals surface area contributed by atoms with Gasteiger partial charge in [-0.1, -0.05) is 51.1 Å². The Kier molecular flexibility index (Phi) is 7.52. The van der Waals surface area contributed by atoms with Crippen molar-refractivity contribution in [2.75, 3.05) is 13.2 Å². The molecule has 0 bridgehead atoms. The molecule has 0 unspecified atom stereocenters. The maximum atomic E-state index is 12.2. The van der Waals surface area contributed by atoms with Gasteiger partial charge in [0, 0.05) is 0 Å². The summed E-state index contributed by atoms with van der Waals surface area (Å²) >= 11 is 0. The van der Waals surface area contributed by atoms with Gasteiger partial charge in [-0.25, -0.2) is 0 Å². The lowest BCUT2D eigenvalue weighted by molar-refractivity contribution is -0.127. The lowest BCUT2D eigenvalue weighted by Gasteiger charge is -2.18. The number of carbonyl (C=O) groups is 1. The fourth-order valence-corrected chi connectivity index (χ4v) is 2.62. The molecule has 4 nitrogen and oxygen atoms in total. The van der Waals surface area contributed by atoms with Crippen molar-refractivity contribution in [2.24, 2.45) is 0 Å². The van der Waals surface area contributed by atoms with E-state index in [9.17, 15) is 4.79 Å². The summed E-state index contributed by atoms with van der Waals surface area (Å²) in [5.41, 5.74) is 2.38. The zero-order chi connectivity index (χ0) is 18.9. The Morgan fingerprint density at radius 1 is 1.04 bits per heavy atom. The molecule has 0 saturated carbocycles. The number of rotatable bonds is 9. The minimum atomic E-state index is -0.557. The Bertz CT molecular complexity index is 695. The number of amides is 1. The maximum Gasteiger partial charge on any atom is 0.260 e. The molecule has 0 aliphatic carbocycles. The fraction of sp³-hybridized carbons (Fsp3) is 0.409. The molecule has 4 heteroatoms. The van der Waals surface area contributed by atoms with Crippen molar-refractivity contribution in [1.29, 1.82) is 0 Å². The van der Waals surface area contributed by atoms with Crippen LogP contribution in [0.5, 0.6) is 11.5 Å². The molecule has 2 rings (SSSR count). The Labute approximate surface area is 156 Å². The van der Waals surface area contributed by atoms with Gasteiger partial charge in [-0.15, -0.1) is 0 Å². The topological polar surface area (TPSA) is 47.6 Å². The van der Waals surface area contributed by atoms with E-state index in [0.717, 1.165) is 23.5 Å². The standard InChI is InChI=1S/C22H29NO3/c1-5-18-10-12-19(13-11-18)25-15-14-23-22(24)17(4)26-21-9-7-6-8-20(21)16(2)3/h6-13,16-17H,5,14-15H2,1-4H3,(H,23,24)/t17-/m0/s1. The molecule has 0 heterocycles. The molecule has 0 saturated heterocycles. The SMILES string of the molecule is CCc1ccc(OCCNC(=O)[C@H](C)Oc2ccccc2C(C)C)cc1. The molecule has 1 atom stereocenters. The zero-order valence-corrected chi connectivity index (χ0v) is 16.1. The van der Waals surface area contributed by atoms with Crippen LogP contribution in [0.15, 0.2) is 48.5 Å². The molecule has 2 aromatic rings. The molecule has 0 aromatic heterocycles. The first kappa shape index (κ1) is 19.8. The minimum absolute atomic E-state index is 0.145. The van der Waals surface area contributed by atoms with E-state index in [1.54, 1.807) is 6.92 Å². The molecule has 0 spiro atoms. The Balaban J connectivity index is 1.76. The van der Waals surface area contributed by atoms with Crippen molar-refractivity contribution in [3.05, 3.63) is 59.7 Å². The maximum absolute atomic E-state index is 12.2. The van der Waals surface area contributed by atoms with Crippen molar-refractivity contribution in [2.45, 2.75) is 46.1 Å². The zero-order valence-electron chi connectivity index (χ0n) is 16.1. The van der Waals surface area contributed by atoms with E-state index in [1.807, 2.05) is 36.4 Å². The van der Waals surface area contributed by atoms with Crippen LogP contribution in [0.3, 0.4) is 0 Å². The van der Waals surface area contributed by atoms with Gasteiger partial charge in [-0.05, 0) is 48.6 Å². The second kappa shape index (κ2) is 9.85. The molecule has 0 radical (unpaired) electrons. The van der Waals surface area contributed by atoms with E-state index in [2.05, 4.69) is 38.2 Å². The monoisotopic (exact) mass is 355 g/mol. The van der Waals surface area contributed by atoms with Gasteiger partial charge in [0.05, 0.1) is 6.54 Å². The highest BCUT2D eigenvalue weighted by Gasteiger charge is 2.16. The summed E-state index contributed by atoms with van der Waals surface area (Å²) in [6.45, 7) is 8.96. The summed E-state index contributed by atoms with van der Waals surface area (Å²) in [6.07, 6.45) is 0.451. The van der Waals surface area contributed by atoms with Crippen molar-refractivity contribution in [1.82, 2.24) is 5.32 Å². The molecule has 1 N–H and O–H groups in total. The average Bonchev–Trinajstić information content (AvgIpc) is 2.65. The minimum Gasteiger partial charge on any atom is -0.492 e. The molecule has 140 valence electrons. The third-order valence-electron chi connectivity index (χ3n) is 4.22. The van der Waals surface area contributed by atoms with E-state index in [1.165, 1.54) is 5.56 Å². The van der Waals surface area contributed by atoms with Crippen LogP contribution < -0.4 is 14.8 Å². The number of benzene rings is 2. The number of hydrogen-bond acceptors (Lipinski definition) is 3.